The second-order valence-electron chi connectivity index (χ2n) is 7.00. The molecule has 0 saturated carbocycles. The first-order valence-corrected chi connectivity index (χ1v) is 10.1. The molecule has 0 radical (unpaired) electrons. The van der Waals surface area contributed by atoms with Gasteiger partial charge in [-0.1, -0.05) is 41.4 Å². The summed E-state index contributed by atoms with van der Waals surface area (Å²) < 4.78 is 18.8. The normalized spacial score (nSPS) is 11.5. The van der Waals surface area contributed by atoms with E-state index < -0.39 is 0 Å². The Morgan fingerprint density at radius 1 is 1.13 bits per heavy atom. The van der Waals surface area contributed by atoms with Gasteiger partial charge in [0.15, 0.2) is 5.75 Å². The van der Waals surface area contributed by atoms with E-state index in [0.29, 0.717) is 32.8 Å². The highest BCUT2D eigenvalue weighted by molar-refractivity contribution is 6.37. The van der Waals surface area contributed by atoms with Crippen LogP contribution in [0.25, 0.3) is 22.7 Å². The number of rotatable bonds is 5. The Morgan fingerprint density at radius 3 is 2.52 bits per heavy atom. The van der Waals surface area contributed by atoms with Crippen molar-refractivity contribution in [3.63, 3.8) is 0 Å². The summed E-state index contributed by atoms with van der Waals surface area (Å²) in [6.45, 7) is 2.18. The van der Waals surface area contributed by atoms with Crippen LogP contribution in [0.2, 0.25) is 10.0 Å². The van der Waals surface area contributed by atoms with Gasteiger partial charge in [0.2, 0.25) is 0 Å². The molecule has 31 heavy (non-hydrogen) atoms. The van der Waals surface area contributed by atoms with E-state index in [1.807, 2.05) is 25.1 Å². The fraction of sp³-hybridized carbons (Fsp3) is 0.0833. The molecule has 0 saturated heterocycles. The van der Waals surface area contributed by atoms with Crippen LogP contribution in [0.4, 0.5) is 4.39 Å². The summed E-state index contributed by atoms with van der Waals surface area (Å²) in [5, 5.41) is 10.3. The van der Waals surface area contributed by atoms with E-state index in [0.717, 1.165) is 22.2 Å². The second kappa shape index (κ2) is 8.81. The molecule has 1 heterocycles. The van der Waals surface area contributed by atoms with Crippen LogP contribution >= 0.6 is 23.2 Å². The molecule has 0 amide bonds. The lowest BCUT2D eigenvalue weighted by atomic mass is 10.1. The van der Waals surface area contributed by atoms with Gasteiger partial charge in [-0.3, -0.25) is 0 Å². The van der Waals surface area contributed by atoms with E-state index in [9.17, 15) is 9.65 Å². The molecule has 154 valence electrons. The van der Waals surface area contributed by atoms with Crippen molar-refractivity contribution in [2.24, 2.45) is 0 Å². The van der Waals surface area contributed by atoms with Crippen LogP contribution in [-0.2, 0) is 6.61 Å². The van der Waals surface area contributed by atoms with Crippen molar-refractivity contribution in [3.8, 4) is 11.8 Å². The Balaban J connectivity index is 1.60. The topological polar surface area (TPSA) is 61.7 Å². The minimum atomic E-state index is -0.316. The number of benzene rings is 3. The van der Waals surface area contributed by atoms with Crippen LogP contribution in [-0.4, -0.2) is 9.97 Å². The molecule has 0 aliphatic rings. The quantitative estimate of drug-likeness (QED) is 0.333. The Bertz CT molecular complexity index is 1310. The predicted molar refractivity (Wildman–Crippen MR) is 122 cm³/mol. The maximum Gasteiger partial charge on any atom is 0.157 e. The third kappa shape index (κ3) is 4.72. The zero-order valence-electron chi connectivity index (χ0n) is 16.4. The molecule has 0 atom stereocenters. The molecule has 3 aromatic carbocycles. The van der Waals surface area contributed by atoms with E-state index in [-0.39, 0.29) is 12.4 Å². The van der Waals surface area contributed by atoms with Gasteiger partial charge in [-0.15, -0.1) is 0 Å². The molecular formula is C24H16Cl2FN3O. The number of hydrogen-bond acceptors (Lipinski definition) is 3. The van der Waals surface area contributed by atoms with Gasteiger partial charge in [-0.2, -0.15) is 5.26 Å². The smallest absolute Gasteiger partial charge is 0.157 e. The van der Waals surface area contributed by atoms with Gasteiger partial charge >= 0.3 is 0 Å². The maximum atomic E-state index is 13.0. The SMILES string of the molecule is Cc1ccc2nc(C(C#N)=Cc3cc(Cl)c(OCc4ccc(F)cc4)c(Cl)c3)[nH]c2c1. The number of fused-ring (bicyclic) bond motifs is 1. The molecule has 0 aliphatic heterocycles. The Morgan fingerprint density at radius 2 is 1.84 bits per heavy atom. The van der Waals surface area contributed by atoms with Crippen molar-refractivity contribution in [1.82, 2.24) is 9.97 Å². The number of aromatic amines is 1. The van der Waals surface area contributed by atoms with Gasteiger partial charge in [-0.05, 0) is 66.1 Å². The number of imidazole rings is 1. The number of halogens is 3. The van der Waals surface area contributed by atoms with E-state index in [2.05, 4.69) is 16.0 Å². The van der Waals surface area contributed by atoms with Crippen molar-refractivity contribution < 1.29 is 9.13 Å². The molecule has 4 rings (SSSR count). The van der Waals surface area contributed by atoms with Crippen molar-refractivity contribution >= 4 is 45.9 Å². The summed E-state index contributed by atoms with van der Waals surface area (Å²) in [6.07, 6.45) is 1.66. The summed E-state index contributed by atoms with van der Waals surface area (Å²) in [4.78, 5) is 7.66. The fourth-order valence-corrected chi connectivity index (χ4v) is 3.72. The molecule has 0 fully saturated rings. The molecule has 0 aliphatic carbocycles. The van der Waals surface area contributed by atoms with E-state index in [1.54, 1.807) is 30.3 Å². The van der Waals surface area contributed by atoms with Crippen LogP contribution < -0.4 is 4.74 Å². The van der Waals surface area contributed by atoms with Crippen molar-refractivity contribution in [2.75, 3.05) is 0 Å². The van der Waals surface area contributed by atoms with Gasteiger partial charge in [-0.25, -0.2) is 9.37 Å². The molecule has 4 aromatic rings. The average Bonchev–Trinajstić information content (AvgIpc) is 3.15. The van der Waals surface area contributed by atoms with E-state index in [1.165, 1.54) is 12.1 Å². The summed E-state index contributed by atoms with van der Waals surface area (Å²) >= 11 is 12.8. The summed E-state index contributed by atoms with van der Waals surface area (Å²) in [6, 6.07) is 17.3. The van der Waals surface area contributed by atoms with Crippen molar-refractivity contribution in [3.05, 3.63) is 93.0 Å². The minimum Gasteiger partial charge on any atom is -0.486 e. The summed E-state index contributed by atoms with van der Waals surface area (Å²) in [5.41, 5.74) is 4.50. The molecular weight excluding hydrogens is 436 g/mol. The molecule has 0 spiro atoms. The monoisotopic (exact) mass is 451 g/mol. The second-order valence-corrected chi connectivity index (χ2v) is 7.82. The van der Waals surface area contributed by atoms with Crippen molar-refractivity contribution in [2.45, 2.75) is 13.5 Å². The predicted octanol–water partition coefficient (Wildman–Crippen LogP) is 6.96. The molecule has 7 heteroatoms. The lowest BCUT2D eigenvalue weighted by Crippen LogP contribution is -1.97. The molecule has 0 unspecified atom stereocenters. The van der Waals surface area contributed by atoms with E-state index >= 15 is 0 Å². The number of hydrogen-bond donors (Lipinski definition) is 1. The fourth-order valence-electron chi connectivity index (χ4n) is 3.11. The first-order chi connectivity index (χ1) is 14.9. The number of nitrogens with zero attached hydrogens (tertiary/aromatic N) is 2. The first-order valence-electron chi connectivity index (χ1n) is 9.38. The Kier molecular flexibility index (Phi) is 5.94. The third-order valence-electron chi connectivity index (χ3n) is 4.64. The average molecular weight is 452 g/mol. The highest BCUT2D eigenvalue weighted by Gasteiger charge is 2.12. The Hall–Kier alpha value is -3.33. The zero-order chi connectivity index (χ0) is 22.0. The van der Waals surface area contributed by atoms with E-state index in [4.69, 9.17) is 27.9 Å². The highest BCUT2D eigenvalue weighted by Crippen LogP contribution is 2.36. The Labute approximate surface area is 188 Å². The maximum absolute atomic E-state index is 13.0. The number of ether oxygens (including phenoxy) is 1. The number of nitrogens with one attached hydrogen (secondary N) is 1. The van der Waals surface area contributed by atoms with Crippen LogP contribution in [0.15, 0.2) is 54.6 Å². The molecule has 0 bridgehead atoms. The third-order valence-corrected chi connectivity index (χ3v) is 5.20. The lowest BCUT2D eigenvalue weighted by molar-refractivity contribution is 0.306. The van der Waals surface area contributed by atoms with Gasteiger partial charge < -0.3 is 9.72 Å². The van der Waals surface area contributed by atoms with Crippen molar-refractivity contribution in [1.29, 1.82) is 5.26 Å². The zero-order valence-corrected chi connectivity index (χ0v) is 17.9. The van der Waals surface area contributed by atoms with Gasteiger partial charge in [0, 0.05) is 0 Å². The number of aryl methyl sites for hydroxylation is 1. The molecule has 1 N–H and O–H groups in total. The number of nitriles is 1. The summed E-state index contributed by atoms with van der Waals surface area (Å²) in [5.74, 6) is 0.471. The lowest BCUT2D eigenvalue weighted by Gasteiger charge is -2.11. The van der Waals surface area contributed by atoms with Gasteiger partial charge in [0.25, 0.3) is 0 Å². The van der Waals surface area contributed by atoms with Crippen LogP contribution in [0.3, 0.4) is 0 Å². The number of aromatic nitrogens is 2. The largest absolute Gasteiger partial charge is 0.486 e. The van der Waals surface area contributed by atoms with Gasteiger partial charge in [0.05, 0.1) is 26.7 Å². The minimum absolute atomic E-state index is 0.191. The van der Waals surface area contributed by atoms with Crippen LogP contribution in [0.1, 0.15) is 22.5 Å². The number of allylic oxidation sites excluding steroid dienone is 1. The number of H-pyrrole nitrogens is 1. The molecule has 4 nitrogen and oxygen atoms in total. The van der Waals surface area contributed by atoms with Gasteiger partial charge in [0.1, 0.15) is 24.3 Å². The summed E-state index contributed by atoms with van der Waals surface area (Å²) in [7, 11) is 0. The standard InChI is InChI=1S/C24H16Cl2FN3O/c1-14-2-7-21-22(8-14)30-24(29-21)17(12-28)9-16-10-19(25)23(20(26)11-16)31-13-15-3-5-18(27)6-4-15/h2-11H,13H2,1H3,(H,29,30). The molecule has 1 aromatic heterocycles. The van der Waals surface area contributed by atoms with Crippen LogP contribution in [0.5, 0.6) is 5.75 Å². The highest BCUT2D eigenvalue weighted by atomic mass is 35.5. The van der Waals surface area contributed by atoms with Crippen LogP contribution in [0, 0.1) is 24.1 Å². The first kappa shape index (κ1) is 20.9.